The molecule has 0 heterocycles. The van der Waals surface area contributed by atoms with E-state index in [2.05, 4.69) is 13.8 Å². The van der Waals surface area contributed by atoms with Gasteiger partial charge in [-0.15, -0.1) is 0 Å². The maximum atomic E-state index is 5.81. The molecule has 0 aromatic carbocycles. The van der Waals surface area contributed by atoms with Crippen LogP contribution in [0.25, 0.3) is 0 Å². The van der Waals surface area contributed by atoms with Crippen molar-refractivity contribution >= 4 is 0 Å². The lowest BCUT2D eigenvalue weighted by molar-refractivity contribution is 0.0991. The van der Waals surface area contributed by atoms with Gasteiger partial charge in [0.2, 0.25) is 0 Å². The first-order chi connectivity index (χ1) is 17.9. The van der Waals surface area contributed by atoms with Gasteiger partial charge in [-0.05, 0) is 25.7 Å². The maximum absolute atomic E-state index is 5.81. The molecule has 2 nitrogen and oxygen atoms in total. The van der Waals surface area contributed by atoms with Gasteiger partial charge in [-0.3, -0.25) is 0 Å². The van der Waals surface area contributed by atoms with Crippen molar-refractivity contribution in [1.82, 2.24) is 0 Å². The first-order valence-corrected chi connectivity index (χ1v) is 17.1. The van der Waals surface area contributed by atoms with E-state index in [1.54, 1.807) is 0 Å². The number of rotatable bonds is 33. The smallest absolute Gasteiger partial charge is 0.0466 e. The quantitative estimate of drug-likeness (QED) is 0.0817. The molecule has 0 amide bonds. The average molecular weight is 511 g/mol. The Bertz CT molecular complexity index is 323. The van der Waals surface area contributed by atoms with Gasteiger partial charge in [0.25, 0.3) is 0 Å². The third-order valence-corrected chi connectivity index (χ3v) is 7.61. The van der Waals surface area contributed by atoms with Crippen LogP contribution < -0.4 is 0 Å². The summed E-state index contributed by atoms with van der Waals surface area (Å²) in [5.74, 6) is 0. The van der Waals surface area contributed by atoms with E-state index in [9.17, 15) is 0 Å². The van der Waals surface area contributed by atoms with Gasteiger partial charge in [-0.1, -0.05) is 168 Å². The molecule has 0 aromatic heterocycles. The van der Waals surface area contributed by atoms with Crippen molar-refractivity contribution in [2.45, 2.75) is 194 Å². The maximum Gasteiger partial charge on any atom is 0.0466 e. The zero-order valence-electron chi connectivity index (χ0n) is 25.4. The standard InChI is InChI=1S/C34H70O2/c1-3-5-7-9-11-13-15-17-19-21-23-25-27-31-35-33-29-30-34-36-32-28-26-24-22-20-18-16-14-12-10-8-6-4-2/h3-34H2,1-2H3. The highest BCUT2D eigenvalue weighted by Crippen LogP contribution is 2.13. The molecular formula is C34H70O2. The third kappa shape index (κ3) is 33.9. The van der Waals surface area contributed by atoms with Gasteiger partial charge in [-0.2, -0.15) is 0 Å². The number of hydrogen-bond donors (Lipinski definition) is 0. The predicted molar refractivity (Wildman–Crippen MR) is 162 cm³/mol. The molecule has 0 spiro atoms. The van der Waals surface area contributed by atoms with Crippen LogP contribution in [-0.2, 0) is 9.47 Å². The summed E-state index contributed by atoms with van der Waals surface area (Å²) < 4.78 is 11.6. The Morgan fingerprint density at radius 3 is 0.611 bits per heavy atom. The normalized spacial score (nSPS) is 11.5. The molecule has 0 radical (unpaired) electrons. The molecule has 0 aliphatic carbocycles. The molecule has 218 valence electrons. The van der Waals surface area contributed by atoms with E-state index in [4.69, 9.17) is 9.47 Å². The van der Waals surface area contributed by atoms with Crippen molar-refractivity contribution in [3.05, 3.63) is 0 Å². The fraction of sp³-hybridized carbons (Fsp3) is 1.00. The summed E-state index contributed by atoms with van der Waals surface area (Å²) in [5.41, 5.74) is 0. The van der Waals surface area contributed by atoms with Crippen molar-refractivity contribution in [3.63, 3.8) is 0 Å². The Labute approximate surface area is 229 Å². The highest BCUT2D eigenvalue weighted by molar-refractivity contribution is 4.50. The molecular weight excluding hydrogens is 440 g/mol. The third-order valence-electron chi connectivity index (χ3n) is 7.61. The lowest BCUT2D eigenvalue weighted by Crippen LogP contribution is -2.01. The van der Waals surface area contributed by atoms with Gasteiger partial charge in [0, 0.05) is 26.4 Å². The van der Waals surface area contributed by atoms with Crippen LogP contribution in [0.3, 0.4) is 0 Å². The number of ether oxygens (including phenoxy) is 2. The van der Waals surface area contributed by atoms with Crippen LogP contribution in [-0.4, -0.2) is 26.4 Å². The largest absolute Gasteiger partial charge is 0.381 e. The van der Waals surface area contributed by atoms with Gasteiger partial charge in [0.1, 0.15) is 0 Å². The van der Waals surface area contributed by atoms with Gasteiger partial charge in [0.15, 0.2) is 0 Å². The van der Waals surface area contributed by atoms with Crippen LogP contribution in [0.15, 0.2) is 0 Å². The predicted octanol–water partition coefficient (Wildman–Crippen LogP) is 12.0. The molecule has 0 N–H and O–H groups in total. The molecule has 2 heteroatoms. The lowest BCUT2D eigenvalue weighted by Gasteiger charge is -2.06. The minimum atomic E-state index is 0.917. The SMILES string of the molecule is CCCCCCCCCCCCCCCOCCCCOCCCCCCCCCCCCCCC. The number of hydrogen-bond acceptors (Lipinski definition) is 2. The molecule has 0 rings (SSSR count). The highest BCUT2D eigenvalue weighted by Gasteiger charge is 1.97. The van der Waals surface area contributed by atoms with Crippen molar-refractivity contribution in [2.24, 2.45) is 0 Å². The van der Waals surface area contributed by atoms with Gasteiger partial charge < -0.3 is 9.47 Å². The van der Waals surface area contributed by atoms with Crippen molar-refractivity contribution in [3.8, 4) is 0 Å². The Morgan fingerprint density at radius 2 is 0.389 bits per heavy atom. The summed E-state index contributed by atoms with van der Waals surface area (Å²) in [7, 11) is 0. The minimum absolute atomic E-state index is 0.917. The van der Waals surface area contributed by atoms with Crippen LogP contribution in [0, 0.1) is 0 Å². The van der Waals surface area contributed by atoms with Crippen LogP contribution in [0.2, 0.25) is 0 Å². The molecule has 0 saturated carbocycles. The lowest BCUT2D eigenvalue weighted by atomic mass is 10.0. The molecule has 0 fully saturated rings. The zero-order valence-corrected chi connectivity index (χ0v) is 25.4. The number of unbranched alkanes of at least 4 members (excludes halogenated alkanes) is 25. The first-order valence-electron chi connectivity index (χ1n) is 17.1. The fourth-order valence-corrected chi connectivity index (χ4v) is 5.06. The highest BCUT2D eigenvalue weighted by atomic mass is 16.5. The van der Waals surface area contributed by atoms with Gasteiger partial charge >= 0.3 is 0 Å². The van der Waals surface area contributed by atoms with Crippen LogP contribution in [0.5, 0.6) is 0 Å². The summed E-state index contributed by atoms with van der Waals surface area (Å²) in [5, 5.41) is 0. The molecule has 0 aliphatic heterocycles. The second-order valence-corrected chi connectivity index (χ2v) is 11.4. The molecule has 0 unspecified atom stereocenters. The van der Waals surface area contributed by atoms with E-state index in [-0.39, 0.29) is 0 Å². The summed E-state index contributed by atoms with van der Waals surface area (Å²) in [4.78, 5) is 0. The van der Waals surface area contributed by atoms with E-state index in [0.29, 0.717) is 0 Å². The average Bonchev–Trinajstić information content (AvgIpc) is 2.89. The Balaban J connectivity index is 3.00. The second-order valence-electron chi connectivity index (χ2n) is 11.4. The van der Waals surface area contributed by atoms with E-state index in [1.807, 2.05) is 0 Å². The monoisotopic (exact) mass is 511 g/mol. The molecule has 0 aliphatic rings. The van der Waals surface area contributed by atoms with E-state index < -0.39 is 0 Å². The molecule has 0 saturated heterocycles. The molecule has 36 heavy (non-hydrogen) atoms. The fourth-order valence-electron chi connectivity index (χ4n) is 5.06. The second kappa shape index (κ2) is 34.9. The van der Waals surface area contributed by atoms with Crippen LogP contribution >= 0.6 is 0 Å². The van der Waals surface area contributed by atoms with Gasteiger partial charge in [0.05, 0.1) is 0 Å². The van der Waals surface area contributed by atoms with Crippen molar-refractivity contribution in [1.29, 1.82) is 0 Å². The summed E-state index contributed by atoms with van der Waals surface area (Å²) in [6.07, 6.45) is 39.0. The topological polar surface area (TPSA) is 18.5 Å². The minimum Gasteiger partial charge on any atom is -0.381 e. The molecule has 0 atom stereocenters. The zero-order chi connectivity index (χ0) is 26.0. The molecule has 0 aromatic rings. The van der Waals surface area contributed by atoms with Crippen molar-refractivity contribution in [2.75, 3.05) is 26.4 Å². The molecule has 0 bridgehead atoms. The van der Waals surface area contributed by atoms with E-state index in [1.165, 1.54) is 167 Å². The summed E-state index contributed by atoms with van der Waals surface area (Å²) in [6, 6.07) is 0. The summed E-state index contributed by atoms with van der Waals surface area (Å²) in [6.45, 7) is 8.34. The van der Waals surface area contributed by atoms with Crippen molar-refractivity contribution < 1.29 is 9.47 Å². The van der Waals surface area contributed by atoms with Crippen LogP contribution in [0.1, 0.15) is 194 Å². The Hall–Kier alpha value is -0.0800. The van der Waals surface area contributed by atoms with E-state index in [0.717, 1.165) is 39.3 Å². The first kappa shape index (κ1) is 35.9. The van der Waals surface area contributed by atoms with Crippen LogP contribution in [0.4, 0.5) is 0 Å². The Morgan fingerprint density at radius 1 is 0.222 bits per heavy atom. The Kier molecular flexibility index (Phi) is 34.8. The van der Waals surface area contributed by atoms with E-state index >= 15 is 0 Å². The summed E-state index contributed by atoms with van der Waals surface area (Å²) >= 11 is 0. The van der Waals surface area contributed by atoms with Gasteiger partial charge in [-0.25, -0.2) is 0 Å².